The van der Waals surface area contributed by atoms with E-state index < -0.39 is 35.3 Å². The van der Waals surface area contributed by atoms with E-state index in [2.05, 4.69) is 15.7 Å². The first-order valence-corrected chi connectivity index (χ1v) is 10.9. The van der Waals surface area contributed by atoms with E-state index in [1.807, 2.05) is 0 Å². The van der Waals surface area contributed by atoms with Gasteiger partial charge in [0.2, 0.25) is 0 Å². The number of hydrogen-bond acceptors (Lipinski definition) is 8. The van der Waals surface area contributed by atoms with E-state index in [0.29, 0.717) is 27.8 Å². The van der Waals surface area contributed by atoms with Gasteiger partial charge in [-0.05, 0) is 11.1 Å². The molecule has 0 aromatic heterocycles. The van der Waals surface area contributed by atoms with Gasteiger partial charge in [0, 0.05) is 18.6 Å². The number of aliphatic hydroxyl groups excluding tert-OH is 1. The number of amides is 2. The smallest absolute Gasteiger partial charge is 0.352 e. The number of β-lactam (4-membered cyclic amide) rings is 1. The quantitative estimate of drug-likeness (QED) is 0.128. The largest absolute Gasteiger partial charge is 0.477 e. The highest BCUT2D eigenvalue weighted by Crippen LogP contribution is 2.41. The minimum atomic E-state index is -1.42. The number of carboxylic acid groups (broad SMARTS) is 1. The third kappa shape index (κ3) is 4.31. The highest BCUT2D eigenvalue weighted by Gasteiger charge is 2.54. The fourth-order valence-corrected chi connectivity index (χ4v) is 5.38. The minimum absolute atomic E-state index is 0.0853. The van der Waals surface area contributed by atoms with Crippen molar-refractivity contribution in [2.45, 2.75) is 17.5 Å². The van der Waals surface area contributed by atoms with Gasteiger partial charge in [0.15, 0.2) is 11.3 Å². The molecule has 2 aliphatic rings. The molecular formula is C18H21N5O5S2. The standard InChI is InChI=1S/C18H21N5O5S2/c1-20-18(22-19)30-8-10-7-29-16-11(15(26)23(16)12(10)17(27)28)21-14(25)13(24)9-5-3-2-4-6-9/h2-6,11,13,16,24H,7-8,19H2,1H3,(H,20,22)(H,21,25)(H,27,28)/t11-,13-,16-/m1/s1. The lowest BCUT2D eigenvalue weighted by Gasteiger charge is -2.49. The molecule has 12 heteroatoms. The number of aliphatic imine (C=N–C) groups is 1. The molecule has 1 saturated heterocycles. The number of nitrogens with one attached hydrogen (secondary N) is 2. The maximum atomic E-state index is 12.7. The lowest BCUT2D eigenvalue weighted by atomic mass is 10.0. The number of carboxylic acids is 1. The highest BCUT2D eigenvalue weighted by atomic mass is 32.2. The monoisotopic (exact) mass is 451 g/mol. The van der Waals surface area contributed by atoms with Gasteiger partial charge in [-0.2, -0.15) is 0 Å². The van der Waals surface area contributed by atoms with Gasteiger partial charge in [0.1, 0.15) is 17.1 Å². The van der Waals surface area contributed by atoms with Crippen molar-refractivity contribution in [2.24, 2.45) is 10.8 Å². The Hall–Kier alpha value is -2.54. The Balaban J connectivity index is 1.71. The number of benzene rings is 1. The third-order valence-corrected chi connectivity index (χ3v) is 7.03. The van der Waals surface area contributed by atoms with Crippen molar-refractivity contribution in [2.75, 3.05) is 18.6 Å². The van der Waals surface area contributed by atoms with Crippen molar-refractivity contribution < 1.29 is 24.6 Å². The number of hydrazine groups is 1. The van der Waals surface area contributed by atoms with Crippen molar-refractivity contribution >= 4 is 46.5 Å². The first-order valence-electron chi connectivity index (χ1n) is 8.88. The van der Waals surface area contributed by atoms with E-state index in [1.54, 1.807) is 37.4 Å². The summed E-state index contributed by atoms with van der Waals surface area (Å²) >= 11 is 2.58. The number of carbonyl (C=O) groups is 3. The molecule has 1 aromatic rings. The maximum absolute atomic E-state index is 12.7. The van der Waals surface area contributed by atoms with Crippen LogP contribution in [0.2, 0.25) is 0 Å². The Morgan fingerprint density at radius 1 is 1.40 bits per heavy atom. The number of aliphatic carboxylic acids is 1. The highest BCUT2D eigenvalue weighted by molar-refractivity contribution is 8.14. The number of fused-ring (bicyclic) bond motifs is 1. The fourth-order valence-electron chi connectivity index (χ4n) is 3.14. The molecule has 0 bridgehead atoms. The number of nitrogens with zero attached hydrogens (tertiary/aromatic N) is 2. The fraction of sp³-hybridized carbons (Fsp3) is 0.333. The van der Waals surface area contributed by atoms with E-state index in [4.69, 9.17) is 5.84 Å². The second kappa shape index (κ2) is 9.51. The van der Waals surface area contributed by atoms with E-state index >= 15 is 0 Å². The summed E-state index contributed by atoms with van der Waals surface area (Å²) in [5.74, 6) is 3.56. The number of thioether (sulfide) groups is 2. The predicted molar refractivity (Wildman–Crippen MR) is 114 cm³/mol. The summed E-state index contributed by atoms with van der Waals surface area (Å²) in [6.45, 7) is 0. The molecule has 160 valence electrons. The third-order valence-electron chi connectivity index (χ3n) is 4.62. The lowest BCUT2D eigenvalue weighted by Crippen LogP contribution is -2.70. The van der Waals surface area contributed by atoms with Crippen LogP contribution in [0.4, 0.5) is 0 Å². The molecule has 1 fully saturated rings. The van der Waals surface area contributed by atoms with Crippen LogP contribution in [-0.2, 0) is 14.4 Å². The van der Waals surface area contributed by atoms with Gasteiger partial charge in [-0.3, -0.25) is 19.5 Å². The van der Waals surface area contributed by atoms with Crippen LogP contribution in [0.1, 0.15) is 11.7 Å². The average molecular weight is 452 g/mol. The summed E-state index contributed by atoms with van der Waals surface area (Å²) in [4.78, 5) is 42.0. The van der Waals surface area contributed by atoms with E-state index in [1.165, 1.54) is 28.4 Å². The van der Waals surface area contributed by atoms with Gasteiger partial charge >= 0.3 is 5.97 Å². The van der Waals surface area contributed by atoms with Crippen LogP contribution in [0.15, 0.2) is 46.6 Å². The molecule has 0 unspecified atom stereocenters. The molecule has 0 saturated carbocycles. The van der Waals surface area contributed by atoms with Gasteiger partial charge in [0.05, 0.1) is 0 Å². The molecule has 30 heavy (non-hydrogen) atoms. The van der Waals surface area contributed by atoms with Crippen molar-refractivity contribution in [3.8, 4) is 0 Å². The lowest BCUT2D eigenvalue weighted by molar-refractivity contribution is -0.151. The second-order valence-electron chi connectivity index (χ2n) is 6.43. The number of carbonyl (C=O) groups excluding carboxylic acids is 2. The Morgan fingerprint density at radius 3 is 2.70 bits per heavy atom. The summed E-state index contributed by atoms with van der Waals surface area (Å²) in [5, 5.41) is 22.3. The van der Waals surface area contributed by atoms with E-state index in [-0.39, 0.29) is 5.70 Å². The van der Waals surface area contributed by atoms with Gasteiger partial charge < -0.3 is 21.0 Å². The number of aliphatic hydroxyl groups is 1. The second-order valence-corrected chi connectivity index (χ2v) is 8.50. The normalized spacial score (nSPS) is 22.2. The van der Waals surface area contributed by atoms with Crippen molar-refractivity contribution in [3.63, 3.8) is 0 Å². The zero-order valence-corrected chi connectivity index (χ0v) is 17.6. The summed E-state index contributed by atoms with van der Waals surface area (Å²) < 4.78 is 0. The Bertz CT molecular complexity index is 907. The Morgan fingerprint density at radius 2 is 2.10 bits per heavy atom. The van der Waals surface area contributed by atoms with Crippen LogP contribution in [-0.4, -0.2) is 68.0 Å². The molecule has 1 aromatic carbocycles. The summed E-state index contributed by atoms with van der Waals surface area (Å²) in [6.07, 6.45) is -1.42. The zero-order chi connectivity index (χ0) is 21.8. The van der Waals surface area contributed by atoms with E-state index in [9.17, 15) is 24.6 Å². The summed E-state index contributed by atoms with van der Waals surface area (Å²) in [7, 11) is 1.55. The van der Waals surface area contributed by atoms with Crippen molar-refractivity contribution in [1.82, 2.24) is 15.6 Å². The molecular weight excluding hydrogens is 430 g/mol. The predicted octanol–water partition coefficient (Wildman–Crippen LogP) is -0.359. The molecule has 6 N–H and O–H groups in total. The van der Waals surface area contributed by atoms with Gasteiger partial charge in [-0.1, -0.05) is 42.1 Å². The van der Waals surface area contributed by atoms with Crippen molar-refractivity contribution in [3.05, 3.63) is 47.2 Å². The number of rotatable bonds is 6. The van der Waals surface area contributed by atoms with E-state index in [0.717, 1.165) is 0 Å². The topological polar surface area (TPSA) is 157 Å². The molecule has 2 heterocycles. The molecule has 2 aliphatic heterocycles. The van der Waals surface area contributed by atoms with Gasteiger partial charge in [-0.15, -0.1) is 11.8 Å². The Kier molecular flexibility index (Phi) is 7.02. The summed E-state index contributed by atoms with van der Waals surface area (Å²) in [5.41, 5.74) is 3.30. The molecule has 3 atom stereocenters. The first kappa shape index (κ1) is 22.2. The number of amidine groups is 1. The van der Waals surface area contributed by atoms with Gasteiger partial charge in [0.25, 0.3) is 11.8 Å². The number of hydrogen-bond donors (Lipinski definition) is 5. The summed E-state index contributed by atoms with van der Waals surface area (Å²) in [6, 6.07) is 7.45. The number of nitrogens with two attached hydrogens (primary N) is 1. The SMILES string of the molecule is CN=C(NN)SCC1=C(C(=O)O)N2C(=O)[C@@H](NC(=O)[C@H](O)c3ccccc3)[C@H]2SC1. The Labute approximate surface area is 180 Å². The molecule has 0 radical (unpaired) electrons. The molecule has 3 rings (SSSR count). The van der Waals surface area contributed by atoms with Crippen LogP contribution >= 0.6 is 23.5 Å². The van der Waals surface area contributed by atoms with Crippen LogP contribution in [0.25, 0.3) is 0 Å². The van der Waals surface area contributed by atoms with Gasteiger partial charge in [-0.25, -0.2) is 10.6 Å². The molecule has 10 nitrogen and oxygen atoms in total. The van der Waals surface area contributed by atoms with Crippen LogP contribution in [0.3, 0.4) is 0 Å². The van der Waals surface area contributed by atoms with Crippen LogP contribution in [0.5, 0.6) is 0 Å². The maximum Gasteiger partial charge on any atom is 0.352 e. The van der Waals surface area contributed by atoms with Crippen LogP contribution in [0, 0.1) is 0 Å². The molecule has 0 spiro atoms. The first-order chi connectivity index (χ1) is 14.4. The zero-order valence-electron chi connectivity index (χ0n) is 15.9. The minimum Gasteiger partial charge on any atom is -0.477 e. The molecule has 0 aliphatic carbocycles. The molecule has 2 amide bonds. The van der Waals surface area contributed by atoms with Crippen molar-refractivity contribution in [1.29, 1.82) is 0 Å². The average Bonchev–Trinajstić information content (AvgIpc) is 2.77. The van der Waals surface area contributed by atoms with Crippen LogP contribution < -0.4 is 16.6 Å².